The molecular formula is C16H25N3OS. The van der Waals surface area contributed by atoms with Crippen LogP contribution in [0.5, 0.6) is 0 Å². The van der Waals surface area contributed by atoms with Gasteiger partial charge < -0.3 is 10.2 Å². The summed E-state index contributed by atoms with van der Waals surface area (Å²) in [6.45, 7) is 4.02. The molecule has 4 nitrogen and oxygen atoms in total. The van der Waals surface area contributed by atoms with Gasteiger partial charge in [-0.2, -0.15) is 0 Å². The van der Waals surface area contributed by atoms with Gasteiger partial charge in [0.15, 0.2) is 0 Å². The highest BCUT2D eigenvalue weighted by atomic mass is 32.1. The molecule has 0 spiro atoms. The number of hydrogen-bond donors (Lipinski definition) is 1. The third-order valence-electron chi connectivity index (χ3n) is 4.71. The molecule has 5 heteroatoms. The average molecular weight is 307 g/mol. The number of likely N-dealkylation sites (tertiary alicyclic amines) is 1. The van der Waals surface area contributed by atoms with Crippen molar-refractivity contribution in [3.63, 3.8) is 0 Å². The molecule has 1 aromatic rings. The van der Waals surface area contributed by atoms with Crippen LogP contribution in [-0.4, -0.2) is 54.5 Å². The van der Waals surface area contributed by atoms with Crippen molar-refractivity contribution >= 4 is 17.2 Å². The van der Waals surface area contributed by atoms with Crippen LogP contribution in [-0.2, 0) is 11.3 Å². The van der Waals surface area contributed by atoms with Gasteiger partial charge in [0.1, 0.15) is 0 Å². The van der Waals surface area contributed by atoms with E-state index in [2.05, 4.69) is 27.7 Å². The summed E-state index contributed by atoms with van der Waals surface area (Å²) in [5.74, 6) is 0.305. The summed E-state index contributed by atoms with van der Waals surface area (Å²) in [7, 11) is 1.95. The van der Waals surface area contributed by atoms with Crippen molar-refractivity contribution in [2.24, 2.45) is 0 Å². The van der Waals surface area contributed by atoms with Crippen LogP contribution in [0, 0.1) is 0 Å². The van der Waals surface area contributed by atoms with Crippen LogP contribution in [0.25, 0.3) is 0 Å². The van der Waals surface area contributed by atoms with E-state index in [9.17, 15) is 4.79 Å². The molecule has 0 saturated carbocycles. The number of carbonyl (C=O) groups is 1. The van der Waals surface area contributed by atoms with Crippen molar-refractivity contribution in [1.82, 2.24) is 15.1 Å². The van der Waals surface area contributed by atoms with Crippen LogP contribution in [0.15, 0.2) is 17.5 Å². The largest absolute Gasteiger partial charge is 0.339 e. The van der Waals surface area contributed by atoms with Crippen LogP contribution < -0.4 is 5.32 Å². The fraction of sp³-hybridized carbons (Fsp3) is 0.688. The first-order valence-electron chi connectivity index (χ1n) is 7.99. The van der Waals surface area contributed by atoms with Gasteiger partial charge in [0.05, 0.1) is 12.6 Å². The summed E-state index contributed by atoms with van der Waals surface area (Å²) in [6, 6.07) is 4.86. The summed E-state index contributed by atoms with van der Waals surface area (Å²) >= 11 is 1.72. The average Bonchev–Trinajstić information content (AvgIpc) is 3.18. The van der Waals surface area contributed by atoms with E-state index in [4.69, 9.17) is 0 Å². The zero-order valence-corrected chi connectivity index (χ0v) is 13.6. The molecule has 2 aliphatic heterocycles. The molecule has 1 atom stereocenters. The summed E-state index contributed by atoms with van der Waals surface area (Å²) < 4.78 is 0. The number of nitrogens with one attached hydrogen (secondary N) is 1. The van der Waals surface area contributed by atoms with Crippen molar-refractivity contribution in [2.75, 3.05) is 26.7 Å². The Morgan fingerprint density at radius 1 is 1.43 bits per heavy atom. The molecule has 0 aromatic carbocycles. The summed E-state index contributed by atoms with van der Waals surface area (Å²) in [5, 5.41) is 5.49. The highest BCUT2D eigenvalue weighted by Crippen LogP contribution is 2.26. The van der Waals surface area contributed by atoms with E-state index in [0.717, 1.165) is 39.0 Å². The lowest BCUT2D eigenvalue weighted by atomic mass is 10.0. The van der Waals surface area contributed by atoms with Crippen LogP contribution in [0.1, 0.15) is 30.6 Å². The molecule has 2 fully saturated rings. The predicted molar refractivity (Wildman–Crippen MR) is 86.4 cm³/mol. The van der Waals surface area contributed by atoms with Crippen molar-refractivity contribution < 1.29 is 4.79 Å². The molecule has 1 N–H and O–H groups in total. The van der Waals surface area contributed by atoms with E-state index >= 15 is 0 Å². The van der Waals surface area contributed by atoms with Crippen LogP contribution in [0.2, 0.25) is 0 Å². The first-order chi connectivity index (χ1) is 10.3. The molecule has 2 aliphatic rings. The van der Waals surface area contributed by atoms with Gasteiger partial charge >= 0.3 is 0 Å². The maximum absolute atomic E-state index is 12.8. The second-order valence-electron chi connectivity index (χ2n) is 6.15. The summed E-state index contributed by atoms with van der Waals surface area (Å²) in [4.78, 5) is 18.5. The summed E-state index contributed by atoms with van der Waals surface area (Å²) in [5.41, 5.74) is 0. The maximum atomic E-state index is 12.8. The lowest BCUT2D eigenvalue weighted by molar-refractivity contribution is -0.136. The Bertz CT molecular complexity index is 456. The van der Waals surface area contributed by atoms with E-state index in [0.29, 0.717) is 11.9 Å². The number of nitrogens with zero attached hydrogens (tertiary/aromatic N) is 2. The van der Waals surface area contributed by atoms with Gasteiger partial charge in [-0.1, -0.05) is 6.07 Å². The Balaban J connectivity index is 1.62. The second kappa shape index (κ2) is 6.90. The van der Waals surface area contributed by atoms with Crippen molar-refractivity contribution in [2.45, 2.75) is 44.3 Å². The number of amides is 1. The number of piperidine rings is 1. The van der Waals surface area contributed by atoms with Crippen LogP contribution in [0.3, 0.4) is 0 Å². The number of rotatable bonds is 4. The van der Waals surface area contributed by atoms with E-state index in [-0.39, 0.29) is 6.04 Å². The van der Waals surface area contributed by atoms with E-state index in [1.165, 1.54) is 17.7 Å². The van der Waals surface area contributed by atoms with E-state index in [1.54, 1.807) is 11.3 Å². The lowest BCUT2D eigenvalue weighted by Gasteiger charge is -2.36. The van der Waals surface area contributed by atoms with Gasteiger partial charge in [0.2, 0.25) is 5.91 Å². The molecule has 0 aliphatic carbocycles. The van der Waals surface area contributed by atoms with Gasteiger partial charge in [-0.15, -0.1) is 11.3 Å². The minimum Gasteiger partial charge on any atom is -0.339 e. The topological polar surface area (TPSA) is 35.6 Å². The Labute approximate surface area is 131 Å². The first kappa shape index (κ1) is 15.0. The fourth-order valence-electron chi connectivity index (χ4n) is 3.60. The molecule has 0 bridgehead atoms. The third-order valence-corrected chi connectivity index (χ3v) is 5.57. The van der Waals surface area contributed by atoms with Gasteiger partial charge in [-0.05, 0) is 56.8 Å². The third kappa shape index (κ3) is 3.47. The normalized spacial score (nSPS) is 24.3. The molecule has 2 saturated heterocycles. The fourth-order valence-corrected chi connectivity index (χ4v) is 4.36. The van der Waals surface area contributed by atoms with Gasteiger partial charge in [0.25, 0.3) is 0 Å². The Morgan fingerprint density at radius 2 is 2.24 bits per heavy atom. The SMILES string of the molecule is CN(Cc1cccs1)C(=O)C1CCCN1C1CCNCC1. The quantitative estimate of drug-likeness (QED) is 0.923. The zero-order chi connectivity index (χ0) is 14.7. The second-order valence-corrected chi connectivity index (χ2v) is 7.18. The molecule has 1 amide bonds. The van der Waals surface area contributed by atoms with Gasteiger partial charge in [-0.25, -0.2) is 0 Å². The molecule has 21 heavy (non-hydrogen) atoms. The lowest BCUT2D eigenvalue weighted by Crippen LogP contribution is -2.50. The van der Waals surface area contributed by atoms with Crippen molar-refractivity contribution in [1.29, 1.82) is 0 Å². The molecular weight excluding hydrogens is 282 g/mol. The Kier molecular flexibility index (Phi) is 4.93. The standard InChI is InChI=1S/C16H25N3OS/c1-18(12-14-4-3-11-21-14)16(20)15-5-2-10-19(15)13-6-8-17-9-7-13/h3-4,11,13,15,17H,2,5-10,12H2,1H3. The molecule has 116 valence electrons. The number of hydrogen-bond acceptors (Lipinski definition) is 4. The number of carbonyl (C=O) groups excluding carboxylic acids is 1. The van der Waals surface area contributed by atoms with Gasteiger partial charge in [-0.3, -0.25) is 9.69 Å². The van der Waals surface area contributed by atoms with Crippen LogP contribution >= 0.6 is 11.3 Å². The summed E-state index contributed by atoms with van der Waals surface area (Å²) in [6.07, 6.45) is 4.54. The predicted octanol–water partition coefficient (Wildman–Crippen LogP) is 1.92. The van der Waals surface area contributed by atoms with Crippen LogP contribution in [0.4, 0.5) is 0 Å². The molecule has 1 aromatic heterocycles. The monoisotopic (exact) mass is 307 g/mol. The Morgan fingerprint density at radius 3 is 2.95 bits per heavy atom. The first-order valence-corrected chi connectivity index (χ1v) is 8.87. The minimum absolute atomic E-state index is 0.109. The zero-order valence-electron chi connectivity index (χ0n) is 12.8. The van der Waals surface area contributed by atoms with Gasteiger partial charge in [0, 0.05) is 18.0 Å². The highest BCUT2D eigenvalue weighted by molar-refractivity contribution is 7.09. The maximum Gasteiger partial charge on any atom is 0.240 e. The molecule has 1 unspecified atom stereocenters. The molecule has 0 radical (unpaired) electrons. The molecule has 3 rings (SSSR count). The smallest absolute Gasteiger partial charge is 0.240 e. The highest BCUT2D eigenvalue weighted by Gasteiger charge is 2.36. The van der Waals surface area contributed by atoms with E-state index < -0.39 is 0 Å². The minimum atomic E-state index is 0.109. The number of thiophene rings is 1. The molecule has 3 heterocycles. The van der Waals surface area contributed by atoms with Crippen molar-refractivity contribution in [3.8, 4) is 0 Å². The Hall–Kier alpha value is -0.910. The number of likely N-dealkylation sites (N-methyl/N-ethyl adjacent to an activating group) is 1. The van der Waals surface area contributed by atoms with E-state index in [1.807, 2.05) is 11.9 Å². The van der Waals surface area contributed by atoms with Crippen molar-refractivity contribution in [3.05, 3.63) is 22.4 Å².